The average molecular weight is 523 g/mol. The van der Waals surface area contributed by atoms with Crippen molar-refractivity contribution in [2.75, 3.05) is 5.32 Å². The molecule has 5 rings (SSSR count). The quantitative estimate of drug-likeness (QED) is 0.271. The van der Waals surface area contributed by atoms with Crippen molar-refractivity contribution >= 4 is 17.4 Å². The summed E-state index contributed by atoms with van der Waals surface area (Å²) < 4.78 is 57.0. The van der Waals surface area contributed by atoms with Crippen LogP contribution in [0.25, 0.3) is 16.9 Å². The van der Waals surface area contributed by atoms with Crippen LogP contribution in [0.1, 0.15) is 47.1 Å². The summed E-state index contributed by atoms with van der Waals surface area (Å²) in [4.78, 5) is 17.2. The molecule has 38 heavy (non-hydrogen) atoms. The van der Waals surface area contributed by atoms with Crippen molar-refractivity contribution in [3.05, 3.63) is 101 Å². The fourth-order valence-electron chi connectivity index (χ4n) is 3.95. The zero-order chi connectivity index (χ0) is 27.0. The molecule has 11 heteroatoms. The van der Waals surface area contributed by atoms with Crippen molar-refractivity contribution in [3.63, 3.8) is 0 Å². The molecule has 0 bridgehead atoms. The third kappa shape index (κ3) is 5.26. The molecule has 0 aliphatic carbocycles. The van der Waals surface area contributed by atoms with Gasteiger partial charge in [-0.1, -0.05) is 50.2 Å². The molecule has 194 valence electrons. The van der Waals surface area contributed by atoms with Crippen LogP contribution in [0.15, 0.2) is 72.9 Å². The summed E-state index contributed by atoms with van der Waals surface area (Å²) in [7, 11) is 0. The van der Waals surface area contributed by atoms with Gasteiger partial charge < -0.3 is 5.32 Å². The molecular weight excluding hydrogens is 500 g/mol. The Morgan fingerprint density at radius 2 is 1.68 bits per heavy atom. The van der Waals surface area contributed by atoms with Gasteiger partial charge in [0.1, 0.15) is 5.82 Å². The SMILES string of the molecule is CC(C)c1ccc(-c2cc(C(F)(F)F)n3nc(C(=O)Nc4ccn(Cc5ccc(F)cc5)n4)cc3n2)cc1. The van der Waals surface area contributed by atoms with Crippen LogP contribution in [0, 0.1) is 5.82 Å². The Labute approximate surface area is 214 Å². The molecule has 0 saturated carbocycles. The summed E-state index contributed by atoms with van der Waals surface area (Å²) in [6.45, 7) is 4.39. The second kappa shape index (κ2) is 9.73. The van der Waals surface area contributed by atoms with Crippen LogP contribution in [0.5, 0.6) is 0 Å². The lowest BCUT2D eigenvalue weighted by Crippen LogP contribution is -2.16. The maximum absolute atomic E-state index is 13.9. The van der Waals surface area contributed by atoms with Gasteiger partial charge in [0.25, 0.3) is 5.91 Å². The zero-order valence-electron chi connectivity index (χ0n) is 20.4. The Balaban J connectivity index is 1.41. The fraction of sp³-hybridized carbons (Fsp3) is 0.185. The molecule has 0 aliphatic rings. The van der Waals surface area contributed by atoms with Gasteiger partial charge in [-0.2, -0.15) is 23.4 Å². The number of carbonyl (C=O) groups excluding carboxylic acids is 1. The molecule has 0 atom stereocenters. The second-order valence-electron chi connectivity index (χ2n) is 9.08. The molecule has 1 N–H and O–H groups in total. The van der Waals surface area contributed by atoms with Gasteiger partial charge >= 0.3 is 6.18 Å². The molecule has 0 fully saturated rings. The van der Waals surface area contributed by atoms with Crippen molar-refractivity contribution in [1.82, 2.24) is 24.4 Å². The molecule has 3 aromatic heterocycles. The van der Waals surface area contributed by atoms with E-state index in [2.05, 4.69) is 20.5 Å². The Kier molecular flexibility index (Phi) is 6.43. The number of anilines is 1. The third-order valence-corrected chi connectivity index (χ3v) is 5.96. The van der Waals surface area contributed by atoms with Crippen LogP contribution >= 0.6 is 0 Å². The number of hydrogen-bond acceptors (Lipinski definition) is 4. The van der Waals surface area contributed by atoms with Crippen molar-refractivity contribution in [2.45, 2.75) is 32.5 Å². The largest absolute Gasteiger partial charge is 0.433 e. The van der Waals surface area contributed by atoms with E-state index >= 15 is 0 Å². The first-order valence-electron chi connectivity index (χ1n) is 11.7. The van der Waals surface area contributed by atoms with Gasteiger partial charge in [0.05, 0.1) is 12.2 Å². The van der Waals surface area contributed by atoms with E-state index in [0.717, 1.165) is 17.2 Å². The summed E-state index contributed by atoms with van der Waals surface area (Å²) in [5, 5.41) is 10.7. The Bertz CT molecular complexity index is 1600. The van der Waals surface area contributed by atoms with Crippen LogP contribution in [-0.2, 0) is 12.7 Å². The van der Waals surface area contributed by atoms with Gasteiger partial charge in [0.15, 0.2) is 22.9 Å². The van der Waals surface area contributed by atoms with Crippen LogP contribution in [0.2, 0.25) is 0 Å². The van der Waals surface area contributed by atoms with Crippen LogP contribution < -0.4 is 5.32 Å². The molecule has 2 aromatic carbocycles. The van der Waals surface area contributed by atoms with Crippen LogP contribution in [-0.4, -0.2) is 30.3 Å². The van der Waals surface area contributed by atoms with Gasteiger partial charge in [0, 0.05) is 23.9 Å². The molecular formula is C27H22F4N6O. The highest BCUT2D eigenvalue weighted by Gasteiger charge is 2.35. The molecule has 3 heterocycles. The zero-order valence-corrected chi connectivity index (χ0v) is 20.4. The normalized spacial score (nSPS) is 11.9. The number of benzene rings is 2. The minimum Gasteiger partial charge on any atom is -0.304 e. The number of nitrogens with zero attached hydrogens (tertiary/aromatic N) is 5. The lowest BCUT2D eigenvalue weighted by Gasteiger charge is -2.11. The van der Waals surface area contributed by atoms with E-state index in [-0.39, 0.29) is 34.6 Å². The number of fused-ring (bicyclic) bond motifs is 1. The first kappa shape index (κ1) is 25.1. The molecule has 5 aromatic rings. The van der Waals surface area contributed by atoms with Crippen molar-refractivity contribution in [1.29, 1.82) is 0 Å². The average Bonchev–Trinajstić information content (AvgIpc) is 3.51. The molecule has 0 radical (unpaired) electrons. The maximum atomic E-state index is 13.9. The van der Waals surface area contributed by atoms with Gasteiger partial charge in [-0.25, -0.2) is 13.9 Å². The molecule has 0 spiro atoms. The number of halogens is 4. The number of carbonyl (C=O) groups is 1. The smallest absolute Gasteiger partial charge is 0.304 e. The number of rotatable bonds is 6. The fourth-order valence-corrected chi connectivity index (χ4v) is 3.95. The van der Waals surface area contributed by atoms with Gasteiger partial charge in [-0.05, 0) is 35.2 Å². The molecule has 0 aliphatic heterocycles. The first-order valence-corrected chi connectivity index (χ1v) is 11.7. The highest BCUT2D eigenvalue weighted by molar-refractivity contribution is 6.03. The van der Waals surface area contributed by atoms with Crippen molar-refractivity contribution in [3.8, 4) is 11.3 Å². The predicted octanol–water partition coefficient (Wildman–Crippen LogP) is 6.17. The molecule has 0 unspecified atom stereocenters. The first-order chi connectivity index (χ1) is 18.1. The number of hydrogen-bond donors (Lipinski definition) is 1. The number of alkyl halides is 3. The van der Waals surface area contributed by atoms with E-state index < -0.39 is 17.8 Å². The van der Waals surface area contributed by atoms with Gasteiger partial charge in [0.2, 0.25) is 0 Å². The summed E-state index contributed by atoms with van der Waals surface area (Å²) >= 11 is 0. The lowest BCUT2D eigenvalue weighted by atomic mass is 10.0. The van der Waals surface area contributed by atoms with Crippen LogP contribution in [0.3, 0.4) is 0 Å². The highest BCUT2D eigenvalue weighted by Crippen LogP contribution is 2.32. The monoisotopic (exact) mass is 522 g/mol. The van der Waals surface area contributed by atoms with E-state index in [0.29, 0.717) is 16.6 Å². The van der Waals surface area contributed by atoms with Crippen LogP contribution in [0.4, 0.5) is 23.4 Å². The Morgan fingerprint density at radius 1 is 0.974 bits per heavy atom. The van der Waals surface area contributed by atoms with Crippen molar-refractivity contribution < 1.29 is 22.4 Å². The van der Waals surface area contributed by atoms with E-state index in [1.165, 1.54) is 28.9 Å². The third-order valence-electron chi connectivity index (χ3n) is 5.96. The van der Waals surface area contributed by atoms with Crippen molar-refractivity contribution in [2.24, 2.45) is 0 Å². The standard InChI is InChI=1S/C27H22F4N6O/c1-16(2)18-5-7-19(8-6-18)21-13-23(27(29,30)31)37-25(32-21)14-22(34-37)26(38)33-24-11-12-36(35-24)15-17-3-9-20(28)10-4-17/h3-14,16H,15H2,1-2H3,(H,33,35,38). The Hall–Kier alpha value is -4.54. The molecule has 7 nitrogen and oxygen atoms in total. The molecule has 0 saturated heterocycles. The van der Waals surface area contributed by atoms with Gasteiger partial charge in [-0.3, -0.25) is 9.48 Å². The minimum atomic E-state index is -4.73. The molecule has 1 amide bonds. The summed E-state index contributed by atoms with van der Waals surface area (Å²) in [6, 6.07) is 16.7. The highest BCUT2D eigenvalue weighted by atomic mass is 19.4. The maximum Gasteiger partial charge on any atom is 0.433 e. The summed E-state index contributed by atoms with van der Waals surface area (Å²) in [6.07, 6.45) is -3.12. The van der Waals surface area contributed by atoms with Gasteiger partial charge in [-0.15, -0.1) is 0 Å². The number of nitrogens with one attached hydrogen (secondary N) is 1. The number of amides is 1. The predicted molar refractivity (Wildman–Crippen MR) is 133 cm³/mol. The summed E-state index contributed by atoms with van der Waals surface area (Å²) in [5.41, 5.74) is 1.07. The number of aromatic nitrogens is 5. The summed E-state index contributed by atoms with van der Waals surface area (Å²) in [5.74, 6) is -0.632. The Morgan fingerprint density at radius 3 is 2.34 bits per heavy atom. The van der Waals surface area contributed by atoms with E-state index in [4.69, 9.17) is 0 Å². The van der Waals surface area contributed by atoms with E-state index in [1.807, 2.05) is 26.0 Å². The second-order valence-corrected chi connectivity index (χ2v) is 9.08. The topological polar surface area (TPSA) is 77.1 Å². The van der Waals surface area contributed by atoms with E-state index in [9.17, 15) is 22.4 Å². The minimum absolute atomic E-state index is 0.116. The van der Waals surface area contributed by atoms with E-state index in [1.54, 1.807) is 30.5 Å². The lowest BCUT2D eigenvalue weighted by molar-refractivity contribution is -0.142.